The summed E-state index contributed by atoms with van der Waals surface area (Å²) < 4.78 is 11.6. The Morgan fingerprint density at radius 1 is 1.25 bits per heavy atom. The van der Waals surface area contributed by atoms with Crippen LogP contribution in [0.1, 0.15) is 12.7 Å². The Morgan fingerprint density at radius 2 is 1.96 bits per heavy atom. The number of thiophene rings is 1. The van der Waals surface area contributed by atoms with Crippen LogP contribution in [0.5, 0.6) is 0 Å². The SMILES string of the molecule is Cc1nc(N(C)[C@@H](C)C[S@](C)=O)c2c(-c3ccccc3)csc2n1. The first-order chi connectivity index (χ1) is 11.5. The molecular weight excluding hydrogens is 338 g/mol. The van der Waals surface area contributed by atoms with Crippen LogP contribution >= 0.6 is 11.3 Å². The molecule has 0 fully saturated rings. The first kappa shape index (κ1) is 17.0. The Kier molecular flexibility index (Phi) is 4.96. The molecule has 0 N–H and O–H groups in total. The van der Waals surface area contributed by atoms with Crippen LogP contribution in [0, 0.1) is 6.92 Å². The molecule has 0 bridgehead atoms. The van der Waals surface area contributed by atoms with Crippen molar-refractivity contribution in [3.8, 4) is 11.1 Å². The lowest BCUT2D eigenvalue weighted by Crippen LogP contribution is -2.34. The van der Waals surface area contributed by atoms with Crippen LogP contribution in [0.3, 0.4) is 0 Å². The van der Waals surface area contributed by atoms with E-state index in [4.69, 9.17) is 4.98 Å². The fourth-order valence-corrected chi connectivity index (χ4v) is 4.66. The maximum atomic E-state index is 11.6. The number of aromatic nitrogens is 2. The summed E-state index contributed by atoms with van der Waals surface area (Å²) in [6.07, 6.45) is 1.74. The summed E-state index contributed by atoms with van der Waals surface area (Å²) in [6, 6.07) is 10.5. The van der Waals surface area contributed by atoms with Gasteiger partial charge in [0.15, 0.2) is 0 Å². The van der Waals surface area contributed by atoms with Crippen molar-refractivity contribution in [3.63, 3.8) is 0 Å². The van der Waals surface area contributed by atoms with Crippen LogP contribution in [0.15, 0.2) is 35.7 Å². The van der Waals surface area contributed by atoms with E-state index in [-0.39, 0.29) is 6.04 Å². The third-order valence-electron chi connectivity index (χ3n) is 4.08. The van der Waals surface area contributed by atoms with E-state index in [9.17, 15) is 4.21 Å². The van der Waals surface area contributed by atoms with Gasteiger partial charge in [-0.1, -0.05) is 30.3 Å². The molecule has 0 saturated heterocycles. The second-order valence-corrected chi connectivity index (χ2v) is 8.33. The number of hydrogen-bond acceptors (Lipinski definition) is 5. The molecule has 2 heterocycles. The molecule has 3 rings (SSSR count). The van der Waals surface area contributed by atoms with E-state index >= 15 is 0 Å². The van der Waals surface area contributed by atoms with Crippen molar-refractivity contribution in [2.75, 3.05) is 24.0 Å². The summed E-state index contributed by atoms with van der Waals surface area (Å²) in [5.74, 6) is 2.29. The molecule has 0 radical (unpaired) electrons. The van der Waals surface area contributed by atoms with Crippen molar-refractivity contribution in [3.05, 3.63) is 41.5 Å². The molecule has 1 aromatic carbocycles. The number of aryl methyl sites for hydroxylation is 1. The Hall–Kier alpha value is -1.79. The van der Waals surface area contributed by atoms with E-state index in [1.165, 1.54) is 0 Å². The molecule has 0 aliphatic rings. The van der Waals surface area contributed by atoms with Gasteiger partial charge in [0.25, 0.3) is 0 Å². The van der Waals surface area contributed by atoms with Crippen molar-refractivity contribution in [2.24, 2.45) is 0 Å². The zero-order chi connectivity index (χ0) is 17.3. The monoisotopic (exact) mass is 359 g/mol. The standard InChI is InChI=1S/C18H21N3OS2/c1-12(11-24(4)22)21(3)17-16-15(14-8-6-5-7-9-14)10-23-18(16)20-13(2)19-17/h5-10,12H,11H2,1-4H3/t12-,24-/m0/s1. The van der Waals surface area contributed by atoms with Gasteiger partial charge in [0, 0.05) is 46.8 Å². The van der Waals surface area contributed by atoms with E-state index in [0.29, 0.717) is 5.75 Å². The van der Waals surface area contributed by atoms with Crippen molar-refractivity contribution in [2.45, 2.75) is 19.9 Å². The summed E-state index contributed by atoms with van der Waals surface area (Å²) >= 11 is 1.64. The highest BCUT2D eigenvalue weighted by atomic mass is 32.2. The first-order valence-corrected chi connectivity index (χ1v) is 10.4. The molecule has 4 nitrogen and oxygen atoms in total. The van der Waals surface area contributed by atoms with E-state index in [2.05, 4.69) is 34.3 Å². The van der Waals surface area contributed by atoms with Crippen molar-refractivity contribution in [1.29, 1.82) is 0 Å². The Balaban J connectivity index is 2.16. The van der Waals surface area contributed by atoms with Gasteiger partial charge < -0.3 is 4.90 Å². The number of fused-ring (bicyclic) bond motifs is 1. The quantitative estimate of drug-likeness (QED) is 0.694. The summed E-state index contributed by atoms with van der Waals surface area (Å²) in [6.45, 7) is 4.00. The molecule has 0 amide bonds. The smallest absolute Gasteiger partial charge is 0.141 e. The maximum absolute atomic E-state index is 11.6. The topological polar surface area (TPSA) is 46.1 Å². The molecule has 24 heavy (non-hydrogen) atoms. The lowest BCUT2D eigenvalue weighted by Gasteiger charge is -2.26. The molecular formula is C18H21N3OS2. The fourth-order valence-electron chi connectivity index (χ4n) is 2.77. The van der Waals surface area contributed by atoms with E-state index in [1.807, 2.05) is 32.2 Å². The van der Waals surface area contributed by atoms with E-state index in [1.54, 1.807) is 17.6 Å². The highest BCUT2D eigenvalue weighted by Crippen LogP contribution is 2.38. The predicted molar refractivity (Wildman–Crippen MR) is 104 cm³/mol. The molecule has 2 aromatic heterocycles. The normalized spacial score (nSPS) is 13.8. The highest BCUT2D eigenvalue weighted by molar-refractivity contribution is 7.84. The van der Waals surface area contributed by atoms with Crippen LogP contribution in [-0.4, -0.2) is 39.3 Å². The Bertz CT molecular complexity index is 877. The Labute approximate surface area is 149 Å². The highest BCUT2D eigenvalue weighted by Gasteiger charge is 2.20. The van der Waals surface area contributed by atoms with Crippen molar-refractivity contribution < 1.29 is 4.21 Å². The minimum atomic E-state index is -0.843. The van der Waals surface area contributed by atoms with Crippen LogP contribution < -0.4 is 4.90 Å². The Morgan fingerprint density at radius 3 is 2.62 bits per heavy atom. The second kappa shape index (κ2) is 6.99. The molecule has 0 aliphatic carbocycles. The summed E-state index contributed by atoms with van der Waals surface area (Å²) in [7, 11) is 1.18. The lowest BCUT2D eigenvalue weighted by molar-refractivity contribution is 0.674. The van der Waals surface area contributed by atoms with Gasteiger partial charge in [-0.3, -0.25) is 4.21 Å². The third-order valence-corrected chi connectivity index (χ3v) is 5.91. The van der Waals surface area contributed by atoms with Crippen molar-refractivity contribution >= 4 is 38.2 Å². The molecule has 6 heteroatoms. The number of anilines is 1. The lowest BCUT2D eigenvalue weighted by atomic mass is 10.1. The van der Waals surface area contributed by atoms with E-state index < -0.39 is 10.8 Å². The molecule has 0 aliphatic heterocycles. The van der Waals surface area contributed by atoms with Crippen LogP contribution in [-0.2, 0) is 10.8 Å². The number of nitrogens with zero attached hydrogens (tertiary/aromatic N) is 3. The van der Waals surface area contributed by atoms with Crippen LogP contribution in [0.4, 0.5) is 5.82 Å². The zero-order valence-corrected chi connectivity index (χ0v) is 15.9. The van der Waals surface area contributed by atoms with Crippen LogP contribution in [0.25, 0.3) is 21.3 Å². The molecule has 0 spiro atoms. The molecule has 3 aromatic rings. The van der Waals surface area contributed by atoms with E-state index in [0.717, 1.165) is 33.0 Å². The minimum absolute atomic E-state index is 0.136. The molecule has 0 unspecified atom stereocenters. The molecule has 0 saturated carbocycles. The first-order valence-electron chi connectivity index (χ1n) is 7.81. The second-order valence-electron chi connectivity index (χ2n) is 5.99. The van der Waals surface area contributed by atoms with Gasteiger partial charge in [-0.2, -0.15) is 0 Å². The number of rotatable bonds is 5. The summed E-state index contributed by atoms with van der Waals surface area (Å²) in [5, 5.41) is 3.22. The number of hydrogen-bond donors (Lipinski definition) is 0. The van der Waals surface area contributed by atoms with Gasteiger partial charge in [0.2, 0.25) is 0 Å². The van der Waals surface area contributed by atoms with Gasteiger partial charge in [-0.05, 0) is 19.4 Å². The predicted octanol–water partition coefficient (Wildman–Crippen LogP) is 3.87. The van der Waals surface area contributed by atoms with Crippen LogP contribution in [0.2, 0.25) is 0 Å². The summed E-state index contributed by atoms with van der Waals surface area (Å²) in [4.78, 5) is 12.4. The molecule has 126 valence electrons. The minimum Gasteiger partial charge on any atom is -0.355 e. The average molecular weight is 360 g/mol. The zero-order valence-electron chi connectivity index (χ0n) is 14.3. The number of benzene rings is 1. The van der Waals surface area contributed by atoms with Gasteiger partial charge >= 0.3 is 0 Å². The average Bonchev–Trinajstić information content (AvgIpc) is 2.97. The fraction of sp³-hybridized carbons (Fsp3) is 0.333. The largest absolute Gasteiger partial charge is 0.355 e. The van der Waals surface area contributed by atoms with Gasteiger partial charge in [0.1, 0.15) is 16.5 Å². The van der Waals surface area contributed by atoms with Gasteiger partial charge in [-0.15, -0.1) is 11.3 Å². The van der Waals surface area contributed by atoms with Gasteiger partial charge in [-0.25, -0.2) is 9.97 Å². The molecule has 2 atom stereocenters. The maximum Gasteiger partial charge on any atom is 0.141 e. The third kappa shape index (κ3) is 3.35. The summed E-state index contributed by atoms with van der Waals surface area (Å²) in [5.41, 5.74) is 2.32. The van der Waals surface area contributed by atoms with Crippen molar-refractivity contribution in [1.82, 2.24) is 9.97 Å². The van der Waals surface area contributed by atoms with Gasteiger partial charge in [0.05, 0.1) is 5.39 Å².